The smallest absolute Gasteiger partial charge is 0.227 e. The maximum absolute atomic E-state index is 9.00. The first-order chi connectivity index (χ1) is 11.2. The molecular formula is C16H20ClN5O. The Bertz CT molecular complexity index is 629. The van der Waals surface area contributed by atoms with Crippen molar-refractivity contribution >= 4 is 29.1 Å². The van der Waals surface area contributed by atoms with Gasteiger partial charge in [0.1, 0.15) is 5.82 Å². The Balaban J connectivity index is 1.64. The van der Waals surface area contributed by atoms with Crippen LogP contribution >= 0.6 is 11.6 Å². The van der Waals surface area contributed by atoms with Crippen LogP contribution in [0.2, 0.25) is 5.02 Å². The SMILES string of the molecule is OCCN1CCN(c2nccc(Nc3ccc(Cl)cc3)n2)CC1. The minimum Gasteiger partial charge on any atom is -0.395 e. The predicted molar refractivity (Wildman–Crippen MR) is 92.5 cm³/mol. The van der Waals surface area contributed by atoms with Gasteiger partial charge in [0, 0.05) is 49.6 Å². The summed E-state index contributed by atoms with van der Waals surface area (Å²) in [7, 11) is 0. The number of benzene rings is 1. The van der Waals surface area contributed by atoms with E-state index in [9.17, 15) is 0 Å². The van der Waals surface area contributed by atoms with Crippen molar-refractivity contribution in [2.45, 2.75) is 0 Å². The van der Waals surface area contributed by atoms with E-state index in [4.69, 9.17) is 16.7 Å². The van der Waals surface area contributed by atoms with E-state index in [1.165, 1.54) is 0 Å². The highest BCUT2D eigenvalue weighted by molar-refractivity contribution is 6.30. The summed E-state index contributed by atoms with van der Waals surface area (Å²) in [4.78, 5) is 13.4. The fourth-order valence-corrected chi connectivity index (χ4v) is 2.69. The van der Waals surface area contributed by atoms with Crippen molar-refractivity contribution < 1.29 is 5.11 Å². The van der Waals surface area contributed by atoms with Crippen LogP contribution in [-0.4, -0.2) is 59.3 Å². The number of aliphatic hydroxyl groups excluding tert-OH is 1. The Hall–Kier alpha value is -1.89. The van der Waals surface area contributed by atoms with E-state index in [0.29, 0.717) is 5.02 Å². The lowest BCUT2D eigenvalue weighted by atomic mass is 10.3. The third-order valence-electron chi connectivity index (χ3n) is 3.83. The molecule has 0 bridgehead atoms. The Morgan fingerprint density at radius 1 is 1.09 bits per heavy atom. The topological polar surface area (TPSA) is 64.5 Å². The number of piperazine rings is 1. The molecule has 2 N–H and O–H groups in total. The zero-order valence-electron chi connectivity index (χ0n) is 12.8. The highest BCUT2D eigenvalue weighted by atomic mass is 35.5. The number of nitrogens with zero attached hydrogens (tertiary/aromatic N) is 4. The van der Waals surface area contributed by atoms with Crippen LogP contribution in [0.15, 0.2) is 36.5 Å². The summed E-state index contributed by atoms with van der Waals surface area (Å²) in [5.74, 6) is 1.49. The fourth-order valence-electron chi connectivity index (χ4n) is 2.56. The quantitative estimate of drug-likeness (QED) is 0.872. The van der Waals surface area contributed by atoms with E-state index in [1.807, 2.05) is 30.3 Å². The fraction of sp³-hybridized carbons (Fsp3) is 0.375. The molecule has 122 valence electrons. The largest absolute Gasteiger partial charge is 0.395 e. The Morgan fingerprint density at radius 2 is 1.83 bits per heavy atom. The second-order valence-corrected chi connectivity index (χ2v) is 5.86. The molecule has 6 nitrogen and oxygen atoms in total. The molecule has 2 heterocycles. The average molecular weight is 334 g/mol. The van der Waals surface area contributed by atoms with Gasteiger partial charge in [-0.2, -0.15) is 4.98 Å². The predicted octanol–water partition coefficient (Wildman–Crippen LogP) is 1.99. The van der Waals surface area contributed by atoms with E-state index in [2.05, 4.69) is 25.1 Å². The molecule has 7 heteroatoms. The molecule has 2 aromatic rings. The molecule has 0 aliphatic carbocycles. The van der Waals surface area contributed by atoms with Crippen LogP contribution in [-0.2, 0) is 0 Å². The zero-order valence-corrected chi connectivity index (χ0v) is 13.6. The summed E-state index contributed by atoms with van der Waals surface area (Å²) in [6, 6.07) is 9.36. The van der Waals surface area contributed by atoms with Crippen LogP contribution in [0.3, 0.4) is 0 Å². The number of hydrogen-bond donors (Lipinski definition) is 2. The lowest BCUT2D eigenvalue weighted by Gasteiger charge is -2.34. The van der Waals surface area contributed by atoms with Crippen LogP contribution in [0, 0.1) is 0 Å². The molecule has 1 aliphatic rings. The van der Waals surface area contributed by atoms with Gasteiger partial charge in [0.25, 0.3) is 0 Å². The number of rotatable bonds is 5. The number of β-amino-alcohol motifs (C(OH)–C–C–N with tert-alkyl or cyclic N) is 1. The number of halogens is 1. The molecule has 0 radical (unpaired) electrons. The number of hydrogen-bond acceptors (Lipinski definition) is 6. The summed E-state index contributed by atoms with van der Waals surface area (Å²) >= 11 is 5.90. The standard InChI is InChI=1S/C16H20ClN5O/c17-13-1-3-14(4-2-13)19-15-5-6-18-16(20-15)22-9-7-21(8-10-22)11-12-23/h1-6,23H,7-12H2,(H,18,19,20). The van der Waals surface area contributed by atoms with E-state index < -0.39 is 0 Å². The third kappa shape index (κ3) is 4.31. The van der Waals surface area contributed by atoms with Gasteiger partial charge in [0.15, 0.2) is 0 Å². The lowest BCUT2D eigenvalue weighted by molar-refractivity contribution is 0.188. The van der Waals surface area contributed by atoms with Crippen molar-refractivity contribution in [3.8, 4) is 0 Å². The monoisotopic (exact) mass is 333 g/mol. The first-order valence-electron chi connectivity index (χ1n) is 7.68. The number of anilines is 3. The molecule has 23 heavy (non-hydrogen) atoms. The average Bonchev–Trinajstić information content (AvgIpc) is 2.58. The molecule has 1 fully saturated rings. The molecule has 0 spiro atoms. The highest BCUT2D eigenvalue weighted by Gasteiger charge is 2.18. The van der Waals surface area contributed by atoms with Crippen molar-refractivity contribution in [1.82, 2.24) is 14.9 Å². The van der Waals surface area contributed by atoms with E-state index in [-0.39, 0.29) is 6.61 Å². The van der Waals surface area contributed by atoms with Gasteiger partial charge in [-0.25, -0.2) is 4.98 Å². The van der Waals surface area contributed by atoms with E-state index >= 15 is 0 Å². The van der Waals surface area contributed by atoms with Gasteiger partial charge in [0.05, 0.1) is 6.61 Å². The normalized spacial score (nSPS) is 15.7. The summed E-state index contributed by atoms with van der Waals surface area (Å²) in [5, 5.41) is 13.0. The maximum Gasteiger partial charge on any atom is 0.227 e. The van der Waals surface area contributed by atoms with Gasteiger partial charge in [-0.05, 0) is 30.3 Å². The third-order valence-corrected chi connectivity index (χ3v) is 4.08. The molecule has 1 saturated heterocycles. The molecule has 1 aromatic heterocycles. The first kappa shape index (κ1) is 16.0. The second-order valence-electron chi connectivity index (χ2n) is 5.43. The van der Waals surface area contributed by atoms with Crippen LogP contribution in [0.5, 0.6) is 0 Å². The molecule has 0 amide bonds. The Kier molecular flexibility index (Phi) is 5.27. The van der Waals surface area contributed by atoms with Gasteiger partial charge < -0.3 is 15.3 Å². The first-order valence-corrected chi connectivity index (χ1v) is 8.06. The summed E-state index contributed by atoms with van der Waals surface area (Å²) in [6.07, 6.45) is 1.76. The number of aromatic nitrogens is 2. The van der Waals surface area contributed by atoms with E-state index in [0.717, 1.165) is 50.2 Å². The zero-order chi connectivity index (χ0) is 16.1. The van der Waals surface area contributed by atoms with Gasteiger partial charge >= 0.3 is 0 Å². The molecule has 0 saturated carbocycles. The van der Waals surface area contributed by atoms with Gasteiger partial charge in [-0.15, -0.1) is 0 Å². The minimum absolute atomic E-state index is 0.205. The molecule has 1 aromatic carbocycles. The van der Waals surface area contributed by atoms with Crippen LogP contribution in [0.4, 0.5) is 17.5 Å². The summed E-state index contributed by atoms with van der Waals surface area (Å²) in [5.41, 5.74) is 0.937. The van der Waals surface area contributed by atoms with Gasteiger partial charge in [-0.1, -0.05) is 11.6 Å². The molecule has 1 aliphatic heterocycles. The maximum atomic E-state index is 9.00. The van der Waals surface area contributed by atoms with Crippen LogP contribution in [0.25, 0.3) is 0 Å². The summed E-state index contributed by atoms with van der Waals surface area (Å²) in [6.45, 7) is 4.50. The Labute approximate surface area is 140 Å². The van der Waals surface area contributed by atoms with Crippen molar-refractivity contribution in [1.29, 1.82) is 0 Å². The minimum atomic E-state index is 0.205. The van der Waals surface area contributed by atoms with Crippen molar-refractivity contribution in [2.24, 2.45) is 0 Å². The molecule has 0 unspecified atom stereocenters. The van der Waals surface area contributed by atoms with E-state index in [1.54, 1.807) is 6.20 Å². The molecule has 0 atom stereocenters. The van der Waals surface area contributed by atoms with Crippen molar-refractivity contribution in [2.75, 3.05) is 49.5 Å². The van der Waals surface area contributed by atoms with Crippen LogP contribution < -0.4 is 10.2 Å². The van der Waals surface area contributed by atoms with Gasteiger partial charge in [-0.3, -0.25) is 4.90 Å². The second kappa shape index (κ2) is 7.59. The number of aliphatic hydroxyl groups is 1. The lowest BCUT2D eigenvalue weighted by Crippen LogP contribution is -2.47. The number of nitrogens with one attached hydrogen (secondary N) is 1. The summed E-state index contributed by atoms with van der Waals surface area (Å²) < 4.78 is 0. The molecular weight excluding hydrogens is 314 g/mol. The molecule has 3 rings (SSSR count). The van der Waals surface area contributed by atoms with Crippen molar-refractivity contribution in [3.05, 3.63) is 41.6 Å². The van der Waals surface area contributed by atoms with Gasteiger partial charge in [0.2, 0.25) is 5.95 Å². The van der Waals surface area contributed by atoms with Crippen LogP contribution in [0.1, 0.15) is 0 Å². The van der Waals surface area contributed by atoms with Crippen molar-refractivity contribution in [3.63, 3.8) is 0 Å². The Morgan fingerprint density at radius 3 is 2.52 bits per heavy atom. The highest BCUT2D eigenvalue weighted by Crippen LogP contribution is 2.19.